The van der Waals surface area contributed by atoms with Gasteiger partial charge in [-0.2, -0.15) is 0 Å². The van der Waals surface area contributed by atoms with Crippen LogP contribution in [0.1, 0.15) is 82.1 Å². The number of hydrogen-bond acceptors (Lipinski definition) is 5. The maximum absolute atomic E-state index is 12.6. The summed E-state index contributed by atoms with van der Waals surface area (Å²) in [6.45, 7) is 7.67. The lowest BCUT2D eigenvalue weighted by Crippen LogP contribution is -2.32. The quantitative estimate of drug-likeness (QED) is 0.788. The van der Waals surface area contributed by atoms with Crippen molar-refractivity contribution >= 4 is 17.8 Å². The van der Waals surface area contributed by atoms with E-state index in [4.69, 9.17) is 9.25 Å². The van der Waals surface area contributed by atoms with Crippen molar-refractivity contribution in [1.29, 1.82) is 0 Å². The molecule has 0 spiro atoms. The minimum Gasteiger partial charge on any atom is -0.465 e. The Labute approximate surface area is 145 Å². The predicted octanol–water partition coefficient (Wildman–Crippen LogP) is 3.89. The molecule has 0 N–H and O–H groups in total. The molecule has 1 aliphatic heterocycles. The Morgan fingerprint density at radius 2 is 1.56 bits per heavy atom. The maximum Gasteiger partial charge on any atom is 0.367 e. The fraction of sp³-hybridized carbons (Fsp3) is 0.316. The summed E-state index contributed by atoms with van der Waals surface area (Å²) in [5.74, 6) is -0.895. The second kappa shape index (κ2) is 6.20. The van der Waals surface area contributed by atoms with Gasteiger partial charge in [-0.3, -0.25) is 9.59 Å². The molecule has 0 fully saturated rings. The van der Waals surface area contributed by atoms with Crippen LogP contribution in [0.3, 0.4) is 0 Å². The summed E-state index contributed by atoms with van der Waals surface area (Å²) in [5.41, 5.74) is 0.675. The lowest BCUT2D eigenvalue weighted by molar-refractivity contribution is -0.0586. The first-order chi connectivity index (χ1) is 11.8. The summed E-state index contributed by atoms with van der Waals surface area (Å²) in [6.07, 6.45) is 0. The van der Waals surface area contributed by atoms with E-state index in [0.717, 1.165) is 0 Å². The van der Waals surface area contributed by atoms with Gasteiger partial charge in [0.05, 0.1) is 11.1 Å². The Morgan fingerprint density at radius 1 is 1.00 bits per heavy atom. The molecule has 6 heteroatoms. The standard InChI is InChI=1S/C19H19NO5/c1-10(2)15-9-14(16(24-15)11(3)4)19(23)25-20-17(21)12-7-5-6-8-13(12)18(20)22/h5-11H,1-4H3. The van der Waals surface area contributed by atoms with Gasteiger partial charge >= 0.3 is 5.97 Å². The molecule has 0 saturated heterocycles. The molecule has 1 aliphatic rings. The summed E-state index contributed by atoms with van der Waals surface area (Å²) in [5, 5.41) is 0.513. The normalized spacial score (nSPS) is 13.8. The van der Waals surface area contributed by atoms with Crippen molar-refractivity contribution in [3.05, 3.63) is 58.5 Å². The lowest BCUT2D eigenvalue weighted by Gasteiger charge is -2.13. The maximum atomic E-state index is 12.6. The fourth-order valence-electron chi connectivity index (χ4n) is 2.68. The Bertz CT molecular complexity index is 827. The van der Waals surface area contributed by atoms with Gasteiger partial charge in [-0.1, -0.05) is 44.9 Å². The molecule has 0 bridgehead atoms. The van der Waals surface area contributed by atoms with E-state index >= 15 is 0 Å². The first-order valence-electron chi connectivity index (χ1n) is 8.15. The van der Waals surface area contributed by atoms with Crippen LogP contribution in [0.2, 0.25) is 0 Å². The smallest absolute Gasteiger partial charge is 0.367 e. The van der Waals surface area contributed by atoms with E-state index in [9.17, 15) is 14.4 Å². The molecule has 2 heterocycles. The van der Waals surface area contributed by atoms with Crippen molar-refractivity contribution in [1.82, 2.24) is 5.06 Å². The minimum atomic E-state index is -0.783. The van der Waals surface area contributed by atoms with Gasteiger partial charge in [0.1, 0.15) is 17.1 Å². The van der Waals surface area contributed by atoms with Crippen LogP contribution < -0.4 is 0 Å². The Morgan fingerprint density at radius 3 is 2.04 bits per heavy atom. The number of hydrogen-bond donors (Lipinski definition) is 0. The molecule has 0 aliphatic carbocycles. The highest BCUT2D eigenvalue weighted by atomic mass is 16.7. The summed E-state index contributed by atoms with van der Waals surface area (Å²) < 4.78 is 5.75. The molecule has 2 aromatic rings. The van der Waals surface area contributed by atoms with Crippen molar-refractivity contribution in [3.8, 4) is 0 Å². The minimum absolute atomic E-state index is 0.0442. The Kier molecular flexibility index (Phi) is 4.20. The summed E-state index contributed by atoms with van der Waals surface area (Å²) in [7, 11) is 0. The number of hydroxylamine groups is 2. The zero-order valence-electron chi connectivity index (χ0n) is 14.5. The van der Waals surface area contributed by atoms with Crippen LogP contribution in [0.25, 0.3) is 0 Å². The van der Waals surface area contributed by atoms with E-state index in [2.05, 4.69) is 0 Å². The number of nitrogens with zero attached hydrogens (tertiary/aromatic N) is 1. The first-order valence-corrected chi connectivity index (χ1v) is 8.15. The van der Waals surface area contributed by atoms with E-state index in [1.54, 1.807) is 18.2 Å². The van der Waals surface area contributed by atoms with Crippen LogP contribution in [-0.2, 0) is 4.84 Å². The molecule has 25 heavy (non-hydrogen) atoms. The van der Waals surface area contributed by atoms with Crippen LogP contribution in [0.15, 0.2) is 34.7 Å². The molecule has 3 rings (SSSR count). The molecule has 130 valence electrons. The van der Waals surface area contributed by atoms with Gasteiger partial charge in [-0.25, -0.2) is 4.79 Å². The third-order valence-electron chi connectivity index (χ3n) is 4.02. The number of benzene rings is 1. The predicted molar refractivity (Wildman–Crippen MR) is 89.2 cm³/mol. The molecular weight excluding hydrogens is 322 g/mol. The van der Waals surface area contributed by atoms with Gasteiger partial charge in [-0.15, -0.1) is 0 Å². The molecule has 2 amide bonds. The average molecular weight is 341 g/mol. The third-order valence-corrected chi connectivity index (χ3v) is 4.02. The largest absolute Gasteiger partial charge is 0.465 e. The lowest BCUT2D eigenvalue weighted by atomic mass is 10.1. The van der Waals surface area contributed by atoms with Gasteiger partial charge in [0.15, 0.2) is 0 Å². The van der Waals surface area contributed by atoms with Gasteiger partial charge in [0.2, 0.25) is 0 Å². The van der Waals surface area contributed by atoms with Crippen molar-refractivity contribution in [3.63, 3.8) is 0 Å². The SMILES string of the molecule is CC(C)c1cc(C(=O)ON2C(=O)c3ccccc3C2=O)c(C(C)C)o1. The zero-order chi connectivity index (χ0) is 18.3. The van der Waals surface area contributed by atoms with E-state index < -0.39 is 17.8 Å². The first kappa shape index (κ1) is 17.0. The summed E-state index contributed by atoms with van der Waals surface area (Å²) in [4.78, 5) is 42.3. The van der Waals surface area contributed by atoms with Crippen molar-refractivity contribution in [2.24, 2.45) is 0 Å². The number of carbonyl (C=O) groups excluding carboxylic acids is 3. The zero-order valence-corrected chi connectivity index (χ0v) is 14.5. The van der Waals surface area contributed by atoms with E-state index in [1.165, 1.54) is 12.1 Å². The molecule has 0 saturated carbocycles. The topological polar surface area (TPSA) is 76.8 Å². The fourth-order valence-corrected chi connectivity index (χ4v) is 2.68. The Balaban J connectivity index is 1.89. The van der Waals surface area contributed by atoms with Gasteiger partial charge in [0.25, 0.3) is 11.8 Å². The number of rotatable bonds is 4. The van der Waals surface area contributed by atoms with Crippen molar-refractivity contribution < 1.29 is 23.6 Å². The van der Waals surface area contributed by atoms with E-state index in [1.807, 2.05) is 27.7 Å². The molecule has 0 radical (unpaired) electrons. The number of furan rings is 1. The highest BCUT2D eigenvalue weighted by Gasteiger charge is 2.39. The second-order valence-electron chi connectivity index (χ2n) is 6.57. The van der Waals surface area contributed by atoms with E-state index in [0.29, 0.717) is 16.6 Å². The molecule has 0 unspecified atom stereocenters. The molecular formula is C19H19NO5. The molecule has 1 aromatic carbocycles. The van der Waals surface area contributed by atoms with Crippen molar-refractivity contribution in [2.45, 2.75) is 39.5 Å². The van der Waals surface area contributed by atoms with Gasteiger partial charge in [0, 0.05) is 11.8 Å². The van der Waals surface area contributed by atoms with Crippen LogP contribution in [0.4, 0.5) is 0 Å². The highest BCUT2D eigenvalue weighted by molar-refractivity contribution is 6.21. The van der Waals surface area contributed by atoms with Gasteiger partial charge < -0.3 is 9.25 Å². The number of carbonyl (C=O) groups is 3. The van der Waals surface area contributed by atoms with Crippen molar-refractivity contribution in [2.75, 3.05) is 0 Å². The van der Waals surface area contributed by atoms with E-state index in [-0.39, 0.29) is 28.5 Å². The molecule has 1 aromatic heterocycles. The van der Waals surface area contributed by atoms with Crippen LogP contribution in [-0.4, -0.2) is 22.8 Å². The number of fused-ring (bicyclic) bond motifs is 1. The van der Waals surface area contributed by atoms with Crippen LogP contribution >= 0.6 is 0 Å². The average Bonchev–Trinajstić information content (AvgIpc) is 3.12. The second-order valence-corrected chi connectivity index (χ2v) is 6.57. The molecule has 6 nitrogen and oxygen atoms in total. The third kappa shape index (κ3) is 2.84. The number of imide groups is 1. The summed E-state index contributed by atoms with van der Waals surface area (Å²) in [6, 6.07) is 7.96. The Hall–Kier alpha value is -2.89. The highest BCUT2D eigenvalue weighted by Crippen LogP contribution is 2.30. The van der Waals surface area contributed by atoms with Crippen LogP contribution in [0.5, 0.6) is 0 Å². The monoisotopic (exact) mass is 341 g/mol. The summed E-state index contributed by atoms with van der Waals surface area (Å²) >= 11 is 0. The number of amides is 2. The molecule has 0 atom stereocenters. The van der Waals surface area contributed by atoms with Gasteiger partial charge in [-0.05, 0) is 18.2 Å². The van der Waals surface area contributed by atoms with Crippen LogP contribution in [0, 0.1) is 0 Å².